The minimum Gasteiger partial charge on any atom is -0.405 e. The first-order chi connectivity index (χ1) is 10.0. The number of hydrazone groups is 1. The predicted octanol–water partition coefficient (Wildman–Crippen LogP) is 0.503. The van der Waals surface area contributed by atoms with Crippen LogP contribution in [0.5, 0.6) is 0 Å². The van der Waals surface area contributed by atoms with Gasteiger partial charge in [0.05, 0.1) is 6.61 Å². The highest BCUT2D eigenvalue weighted by atomic mass is 16.6. The third kappa shape index (κ3) is 2.10. The number of nitrogens with zero attached hydrogens (tertiary/aromatic N) is 2. The molecule has 1 aromatic rings. The van der Waals surface area contributed by atoms with E-state index in [9.17, 15) is 9.59 Å². The van der Waals surface area contributed by atoms with E-state index in [0.29, 0.717) is 24.3 Å². The highest BCUT2D eigenvalue weighted by Crippen LogP contribution is 2.37. The van der Waals surface area contributed by atoms with E-state index in [0.717, 1.165) is 0 Å². The fourth-order valence-corrected chi connectivity index (χ4v) is 2.58. The molecule has 1 aromatic carbocycles. The number of rotatable bonds is 0. The Kier molecular flexibility index (Phi) is 3.23. The predicted molar refractivity (Wildman–Crippen MR) is 72.9 cm³/mol. The zero-order valence-corrected chi connectivity index (χ0v) is 11.8. The van der Waals surface area contributed by atoms with Crippen molar-refractivity contribution in [1.82, 2.24) is 10.3 Å². The summed E-state index contributed by atoms with van der Waals surface area (Å²) in [5.74, 6) is -1.85. The minimum absolute atomic E-state index is 0.0937. The summed E-state index contributed by atoms with van der Waals surface area (Å²) >= 11 is 0. The van der Waals surface area contributed by atoms with E-state index in [2.05, 4.69) is 10.4 Å². The summed E-state index contributed by atoms with van der Waals surface area (Å²) in [6, 6.07) is 7.24. The number of nitrogens with one attached hydrogen (secondary N) is 1. The summed E-state index contributed by atoms with van der Waals surface area (Å²) in [6.45, 7) is 3.72. The van der Waals surface area contributed by atoms with Crippen molar-refractivity contribution in [2.24, 2.45) is 5.10 Å². The van der Waals surface area contributed by atoms with Crippen molar-refractivity contribution in [3.63, 3.8) is 0 Å². The Hall–Kier alpha value is -2.25. The minimum atomic E-state index is -1.13. The molecule has 1 fully saturated rings. The lowest BCUT2D eigenvalue weighted by Gasteiger charge is -2.40. The van der Waals surface area contributed by atoms with Crippen LogP contribution in [0.4, 0.5) is 0 Å². The second-order valence-corrected chi connectivity index (χ2v) is 4.79. The molecule has 1 amide bonds. The maximum atomic E-state index is 12.0. The average molecular weight is 289 g/mol. The Morgan fingerprint density at radius 1 is 1.38 bits per heavy atom. The van der Waals surface area contributed by atoms with Crippen molar-refractivity contribution in [1.29, 1.82) is 0 Å². The van der Waals surface area contributed by atoms with E-state index >= 15 is 0 Å². The number of carbonyl (C=O) groups excluding carboxylic acids is 2. The summed E-state index contributed by atoms with van der Waals surface area (Å²) in [5.41, 5.74) is 1.32. The first-order valence-corrected chi connectivity index (χ1v) is 6.61. The Morgan fingerprint density at radius 3 is 2.76 bits per heavy atom. The van der Waals surface area contributed by atoms with E-state index in [-0.39, 0.29) is 11.8 Å². The van der Waals surface area contributed by atoms with Crippen LogP contribution < -0.4 is 5.32 Å². The third-order valence-electron chi connectivity index (χ3n) is 3.33. The first kappa shape index (κ1) is 13.7. The molecular formula is C14H15N3O4. The molecule has 0 radical (unpaired) electrons. The SMILES string of the molecule is CC(=O)OC1=NN(C(C)=O)C2(NCCO2)c2ccccc21. The molecule has 21 heavy (non-hydrogen) atoms. The first-order valence-electron chi connectivity index (χ1n) is 6.61. The summed E-state index contributed by atoms with van der Waals surface area (Å²) in [7, 11) is 0. The normalized spacial score (nSPS) is 23.7. The zero-order valence-electron chi connectivity index (χ0n) is 11.8. The number of amides is 1. The molecule has 1 atom stereocenters. The highest BCUT2D eigenvalue weighted by Gasteiger charge is 2.50. The summed E-state index contributed by atoms with van der Waals surface area (Å²) in [4.78, 5) is 23.2. The van der Waals surface area contributed by atoms with Crippen LogP contribution in [0, 0.1) is 0 Å². The van der Waals surface area contributed by atoms with Crippen LogP contribution in [0.2, 0.25) is 0 Å². The van der Waals surface area contributed by atoms with Gasteiger partial charge in [-0.15, -0.1) is 5.10 Å². The van der Waals surface area contributed by atoms with Crippen LogP contribution >= 0.6 is 0 Å². The van der Waals surface area contributed by atoms with Crippen LogP contribution in [-0.4, -0.2) is 35.9 Å². The second-order valence-electron chi connectivity index (χ2n) is 4.79. The molecule has 0 saturated carbocycles. The lowest BCUT2D eigenvalue weighted by molar-refractivity contribution is -0.173. The summed E-state index contributed by atoms with van der Waals surface area (Å²) in [6.07, 6.45) is 0. The summed E-state index contributed by atoms with van der Waals surface area (Å²) < 4.78 is 10.9. The summed E-state index contributed by atoms with van der Waals surface area (Å²) in [5, 5.41) is 8.52. The Balaban J connectivity index is 2.18. The van der Waals surface area contributed by atoms with Crippen molar-refractivity contribution in [2.45, 2.75) is 19.7 Å². The lowest BCUT2D eigenvalue weighted by Crippen LogP contribution is -2.56. The number of fused-ring (bicyclic) bond motifs is 2. The molecule has 2 aliphatic heterocycles. The molecule has 1 N–H and O–H groups in total. The van der Waals surface area contributed by atoms with Gasteiger partial charge in [-0.1, -0.05) is 18.2 Å². The average Bonchev–Trinajstić information content (AvgIpc) is 2.92. The fourth-order valence-electron chi connectivity index (χ4n) is 2.58. The molecule has 0 aromatic heterocycles. The smallest absolute Gasteiger partial charge is 0.309 e. The molecule has 3 rings (SSSR count). The van der Waals surface area contributed by atoms with E-state index in [4.69, 9.17) is 9.47 Å². The number of benzene rings is 1. The van der Waals surface area contributed by atoms with E-state index < -0.39 is 11.8 Å². The van der Waals surface area contributed by atoms with Gasteiger partial charge in [-0.2, -0.15) is 5.01 Å². The standard InChI is InChI=1S/C14H15N3O4/c1-9(18)17-14(15-7-8-20-14)12-6-4-3-5-11(12)13(16-17)21-10(2)19/h3-6,15H,7-8H2,1-2H3. The number of carbonyl (C=O) groups is 2. The van der Waals surface area contributed by atoms with Crippen molar-refractivity contribution >= 4 is 17.8 Å². The molecule has 1 unspecified atom stereocenters. The molecule has 1 spiro atoms. The van der Waals surface area contributed by atoms with Gasteiger partial charge in [0.15, 0.2) is 0 Å². The van der Waals surface area contributed by atoms with Crippen LogP contribution in [0.15, 0.2) is 29.4 Å². The number of ether oxygens (including phenoxy) is 2. The molecule has 7 heteroatoms. The van der Waals surface area contributed by atoms with E-state index in [1.165, 1.54) is 18.9 Å². The lowest BCUT2D eigenvalue weighted by atomic mass is 10.0. The molecule has 0 bridgehead atoms. The molecule has 2 aliphatic rings. The van der Waals surface area contributed by atoms with Gasteiger partial charge in [0.25, 0.3) is 0 Å². The third-order valence-corrected chi connectivity index (χ3v) is 3.33. The monoisotopic (exact) mass is 289 g/mol. The number of hydrogen-bond acceptors (Lipinski definition) is 6. The van der Waals surface area contributed by atoms with E-state index in [1.54, 1.807) is 6.07 Å². The Labute approximate surface area is 121 Å². The van der Waals surface area contributed by atoms with Gasteiger partial charge in [-0.3, -0.25) is 14.9 Å². The number of hydrogen-bond donors (Lipinski definition) is 1. The van der Waals surface area contributed by atoms with Gasteiger partial charge in [0.1, 0.15) is 0 Å². The quantitative estimate of drug-likeness (QED) is 0.704. The zero-order chi connectivity index (χ0) is 15.0. The number of esters is 1. The van der Waals surface area contributed by atoms with Crippen molar-refractivity contribution < 1.29 is 19.1 Å². The van der Waals surface area contributed by atoms with Crippen LogP contribution in [0.25, 0.3) is 0 Å². The molecule has 2 heterocycles. The van der Waals surface area contributed by atoms with Crippen molar-refractivity contribution in [3.05, 3.63) is 35.4 Å². The molecule has 0 aliphatic carbocycles. The van der Waals surface area contributed by atoms with E-state index in [1.807, 2.05) is 18.2 Å². The van der Waals surface area contributed by atoms with Gasteiger partial charge in [-0.25, -0.2) is 0 Å². The van der Waals surface area contributed by atoms with Gasteiger partial charge in [0.2, 0.25) is 17.7 Å². The van der Waals surface area contributed by atoms with Crippen molar-refractivity contribution in [3.8, 4) is 0 Å². The maximum Gasteiger partial charge on any atom is 0.309 e. The maximum absolute atomic E-state index is 12.0. The molecule has 7 nitrogen and oxygen atoms in total. The van der Waals surface area contributed by atoms with Gasteiger partial charge in [0, 0.05) is 31.5 Å². The Bertz CT molecular complexity index is 635. The highest BCUT2D eigenvalue weighted by molar-refractivity contribution is 6.02. The molecular weight excluding hydrogens is 274 g/mol. The van der Waals surface area contributed by atoms with Gasteiger partial charge < -0.3 is 9.47 Å². The largest absolute Gasteiger partial charge is 0.405 e. The fraction of sp³-hybridized carbons (Fsp3) is 0.357. The molecule has 110 valence electrons. The van der Waals surface area contributed by atoms with Crippen LogP contribution in [0.3, 0.4) is 0 Å². The van der Waals surface area contributed by atoms with Gasteiger partial charge in [-0.05, 0) is 6.07 Å². The topological polar surface area (TPSA) is 80.2 Å². The van der Waals surface area contributed by atoms with Crippen LogP contribution in [0.1, 0.15) is 25.0 Å². The second kappa shape index (κ2) is 4.94. The molecule has 1 saturated heterocycles. The van der Waals surface area contributed by atoms with Crippen LogP contribution in [-0.2, 0) is 24.9 Å². The van der Waals surface area contributed by atoms with Crippen molar-refractivity contribution in [2.75, 3.05) is 13.2 Å². The van der Waals surface area contributed by atoms with Gasteiger partial charge >= 0.3 is 5.97 Å². The Morgan fingerprint density at radius 2 is 2.14 bits per heavy atom.